The molecule has 3 nitrogen and oxygen atoms in total. The molecule has 0 bridgehead atoms. The predicted octanol–water partition coefficient (Wildman–Crippen LogP) is 1.25. The molecule has 0 rings (SSSR count). The molecule has 0 unspecified atom stereocenters. The molecule has 70 valence electrons. The van der Waals surface area contributed by atoms with Gasteiger partial charge in [0.2, 0.25) is 0 Å². The van der Waals surface area contributed by atoms with E-state index in [2.05, 4.69) is 4.99 Å². The molecule has 0 aromatic rings. The Hall–Kier alpha value is -0.830. The molecule has 0 aliphatic carbocycles. The van der Waals surface area contributed by atoms with Crippen molar-refractivity contribution in [2.75, 3.05) is 20.2 Å². The summed E-state index contributed by atoms with van der Waals surface area (Å²) in [6.45, 7) is 4.98. The van der Waals surface area contributed by atoms with Crippen LogP contribution in [0.1, 0.15) is 20.3 Å². The van der Waals surface area contributed by atoms with Crippen LogP contribution in [0.15, 0.2) is 17.3 Å². The van der Waals surface area contributed by atoms with Crippen molar-refractivity contribution in [3.63, 3.8) is 0 Å². The molecule has 0 fully saturated rings. The van der Waals surface area contributed by atoms with E-state index < -0.39 is 0 Å². The molecular formula is C9H18N2O. The summed E-state index contributed by atoms with van der Waals surface area (Å²) in [5, 5.41) is 8.59. The molecule has 0 spiro atoms. The highest BCUT2D eigenvalue weighted by Gasteiger charge is 1.97. The second-order valence-electron chi connectivity index (χ2n) is 2.66. The zero-order chi connectivity index (χ0) is 9.40. The van der Waals surface area contributed by atoms with Crippen LogP contribution in [0.5, 0.6) is 0 Å². The van der Waals surface area contributed by atoms with E-state index in [-0.39, 0.29) is 6.61 Å². The first-order valence-electron chi connectivity index (χ1n) is 4.20. The first-order chi connectivity index (χ1) is 5.72. The van der Waals surface area contributed by atoms with Gasteiger partial charge in [0.15, 0.2) is 0 Å². The number of aliphatic imine (C=N–C) groups is 1. The van der Waals surface area contributed by atoms with Gasteiger partial charge in [0.25, 0.3) is 0 Å². The molecule has 0 amide bonds. The minimum absolute atomic E-state index is 0.237. The first-order valence-corrected chi connectivity index (χ1v) is 4.20. The van der Waals surface area contributed by atoms with Crippen LogP contribution in [0.3, 0.4) is 0 Å². The summed E-state index contributed by atoms with van der Waals surface area (Å²) in [5.74, 6) is 0.974. The van der Waals surface area contributed by atoms with E-state index in [1.165, 1.54) is 0 Å². The lowest BCUT2D eigenvalue weighted by atomic mass is 10.4. The van der Waals surface area contributed by atoms with Crippen LogP contribution in [0.2, 0.25) is 0 Å². The average molecular weight is 170 g/mol. The summed E-state index contributed by atoms with van der Waals surface area (Å²) < 4.78 is 0. The monoisotopic (exact) mass is 170 g/mol. The van der Waals surface area contributed by atoms with Crippen molar-refractivity contribution in [2.24, 2.45) is 4.99 Å². The van der Waals surface area contributed by atoms with Crippen LogP contribution < -0.4 is 0 Å². The van der Waals surface area contributed by atoms with E-state index in [4.69, 9.17) is 5.11 Å². The number of aliphatic hydroxyl groups is 1. The molecule has 0 aliphatic heterocycles. The molecule has 0 saturated carbocycles. The largest absolute Gasteiger partial charge is 0.396 e. The molecular weight excluding hydrogens is 152 g/mol. The standard InChI is InChI=1S/C9H18N2O/c1-4-6-10-9(2)11(3)7-5-8-12/h4,6,12H,5,7-8H2,1-3H3/b6-4-,10-9+. The Kier molecular flexibility index (Phi) is 6.38. The van der Waals surface area contributed by atoms with Gasteiger partial charge in [-0.05, 0) is 20.3 Å². The van der Waals surface area contributed by atoms with E-state index in [0.717, 1.165) is 18.8 Å². The summed E-state index contributed by atoms with van der Waals surface area (Å²) in [4.78, 5) is 6.20. The molecule has 0 aliphatic rings. The summed E-state index contributed by atoms with van der Waals surface area (Å²) >= 11 is 0. The molecule has 1 N–H and O–H groups in total. The van der Waals surface area contributed by atoms with Crippen molar-refractivity contribution in [2.45, 2.75) is 20.3 Å². The van der Waals surface area contributed by atoms with Crippen LogP contribution in [-0.4, -0.2) is 36.0 Å². The van der Waals surface area contributed by atoms with E-state index in [1.54, 1.807) is 6.20 Å². The number of hydrogen-bond acceptors (Lipinski definition) is 2. The van der Waals surface area contributed by atoms with E-state index >= 15 is 0 Å². The fraction of sp³-hybridized carbons (Fsp3) is 0.667. The van der Waals surface area contributed by atoms with Gasteiger partial charge in [0, 0.05) is 26.4 Å². The fourth-order valence-electron chi connectivity index (χ4n) is 0.751. The van der Waals surface area contributed by atoms with Gasteiger partial charge in [-0.2, -0.15) is 0 Å². The highest BCUT2D eigenvalue weighted by molar-refractivity contribution is 5.79. The molecule has 0 aromatic carbocycles. The highest BCUT2D eigenvalue weighted by atomic mass is 16.3. The molecule has 12 heavy (non-hydrogen) atoms. The first kappa shape index (κ1) is 11.2. The average Bonchev–Trinajstić information content (AvgIpc) is 2.10. The molecule has 0 atom stereocenters. The van der Waals surface area contributed by atoms with Gasteiger partial charge < -0.3 is 10.0 Å². The fourth-order valence-corrected chi connectivity index (χ4v) is 0.751. The van der Waals surface area contributed by atoms with Crippen molar-refractivity contribution in [3.05, 3.63) is 12.3 Å². The van der Waals surface area contributed by atoms with Gasteiger partial charge in [-0.15, -0.1) is 0 Å². The van der Waals surface area contributed by atoms with Crippen molar-refractivity contribution >= 4 is 5.84 Å². The summed E-state index contributed by atoms with van der Waals surface area (Å²) in [6.07, 6.45) is 4.45. The predicted molar refractivity (Wildman–Crippen MR) is 52.3 cm³/mol. The highest BCUT2D eigenvalue weighted by Crippen LogP contribution is 1.90. The second kappa shape index (κ2) is 6.85. The third-order valence-corrected chi connectivity index (χ3v) is 1.61. The zero-order valence-electron chi connectivity index (χ0n) is 8.12. The maximum absolute atomic E-state index is 8.59. The Balaban J connectivity index is 3.82. The normalized spacial score (nSPS) is 12.5. The lowest BCUT2D eigenvalue weighted by Crippen LogP contribution is -2.25. The SMILES string of the molecule is C/C=C\N=C(/C)N(C)CCCO. The maximum atomic E-state index is 8.59. The number of hydrogen-bond donors (Lipinski definition) is 1. The van der Waals surface area contributed by atoms with E-state index in [9.17, 15) is 0 Å². The van der Waals surface area contributed by atoms with E-state index in [0.29, 0.717) is 0 Å². The third-order valence-electron chi connectivity index (χ3n) is 1.61. The van der Waals surface area contributed by atoms with Gasteiger partial charge in [-0.25, -0.2) is 4.99 Å². The van der Waals surface area contributed by atoms with Crippen molar-refractivity contribution < 1.29 is 5.11 Å². The van der Waals surface area contributed by atoms with Crippen LogP contribution in [-0.2, 0) is 0 Å². The third kappa shape index (κ3) is 4.91. The Labute approximate surface area is 74.4 Å². The Morgan fingerprint density at radius 1 is 1.58 bits per heavy atom. The van der Waals surface area contributed by atoms with Crippen LogP contribution >= 0.6 is 0 Å². The van der Waals surface area contributed by atoms with Crippen molar-refractivity contribution in [1.29, 1.82) is 0 Å². The maximum Gasteiger partial charge on any atom is 0.101 e. The number of amidine groups is 1. The Morgan fingerprint density at radius 2 is 2.25 bits per heavy atom. The molecule has 0 radical (unpaired) electrons. The number of aliphatic hydroxyl groups excluding tert-OH is 1. The van der Waals surface area contributed by atoms with Gasteiger partial charge >= 0.3 is 0 Å². The van der Waals surface area contributed by atoms with Crippen LogP contribution in [0, 0.1) is 0 Å². The topological polar surface area (TPSA) is 35.8 Å². The number of nitrogens with zero attached hydrogens (tertiary/aromatic N) is 2. The Bertz CT molecular complexity index is 164. The van der Waals surface area contributed by atoms with Crippen molar-refractivity contribution in [1.82, 2.24) is 4.90 Å². The summed E-state index contributed by atoms with van der Waals surface area (Å²) in [5.41, 5.74) is 0. The minimum atomic E-state index is 0.237. The molecule has 3 heteroatoms. The molecule has 0 heterocycles. The number of allylic oxidation sites excluding steroid dienone is 1. The smallest absolute Gasteiger partial charge is 0.101 e. The van der Waals surface area contributed by atoms with Crippen LogP contribution in [0.25, 0.3) is 0 Å². The van der Waals surface area contributed by atoms with Gasteiger partial charge in [-0.3, -0.25) is 0 Å². The van der Waals surface area contributed by atoms with Gasteiger partial charge in [0.1, 0.15) is 5.84 Å². The number of rotatable bonds is 4. The molecule has 0 aromatic heterocycles. The zero-order valence-corrected chi connectivity index (χ0v) is 8.12. The van der Waals surface area contributed by atoms with Crippen molar-refractivity contribution in [3.8, 4) is 0 Å². The van der Waals surface area contributed by atoms with E-state index in [1.807, 2.05) is 31.9 Å². The summed E-state index contributed by atoms with van der Waals surface area (Å²) in [6, 6.07) is 0. The lowest BCUT2D eigenvalue weighted by molar-refractivity contribution is 0.274. The second-order valence-corrected chi connectivity index (χ2v) is 2.66. The quantitative estimate of drug-likeness (QED) is 0.509. The van der Waals surface area contributed by atoms with Crippen LogP contribution in [0.4, 0.5) is 0 Å². The molecule has 0 saturated heterocycles. The summed E-state index contributed by atoms with van der Waals surface area (Å²) in [7, 11) is 1.97. The van der Waals surface area contributed by atoms with Gasteiger partial charge in [-0.1, -0.05) is 6.08 Å². The Morgan fingerprint density at radius 3 is 2.75 bits per heavy atom. The minimum Gasteiger partial charge on any atom is -0.396 e. The lowest BCUT2D eigenvalue weighted by Gasteiger charge is -2.16. The van der Waals surface area contributed by atoms with Gasteiger partial charge in [0.05, 0.1) is 0 Å².